The number of nitrogens with two attached hydrogens (primary N) is 1. The number of hydrogen-bond donors (Lipinski definition) is 1. The molecule has 108 valence electrons. The summed E-state index contributed by atoms with van der Waals surface area (Å²) in [5, 5.41) is 0. The second kappa shape index (κ2) is 6.27. The number of methoxy groups -OCH3 is 1. The van der Waals surface area contributed by atoms with Gasteiger partial charge >= 0.3 is 5.97 Å². The van der Waals surface area contributed by atoms with E-state index in [9.17, 15) is 9.59 Å². The summed E-state index contributed by atoms with van der Waals surface area (Å²) in [4.78, 5) is 25.5. The Morgan fingerprint density at radius 1 is 1.30 bits per heavy atom. The lowest BCUT2D eigenvalue weighted by atomic mass is 10.2. The number of nitrogens with zero attached hydrogens (tertiary/aromatic N) is 1. The number of carbonyl (C=O) groups is 2. The third kappa shape index (κ3) is 3.01. The molecular weight excluding hydrogens is 260 g/mol. The van der Waals surface area contributed by atoms with Crippen LogP contribution in [0.15, 0.2) is 18.2 Å². The van der Waals surface area contributed by atoms with E-state index >= 15 is 0 Å². The highest BCUT2D eigenvalue weighted by atomic mass is 16.5. The van der Waals surface area contributed by atoms with Gasteiger partial charge in [0.2, 0.25) is 0 Å². The fraction of sp³-hybridized carbons (Fsp3) is 0.429. The van der Waals surface area contributed by atoms with Crippen molar-refractivity contribution in [3.05, 3.63) is 23.8 Å². The van der Waals surface area contributed by atoms with E-state index in [1.807, 2.05) is 0 Å². The Morgan fingerprint density at radius 2 is 2.00 bits per heavy atom. The van der Waals surface area contributed by atoms with E-state index in [0.717, 1.165) is 25.9 Å². The van der Waals surface area contributed by atoms with Gasteiger partial charge in [-0.05, 0) is 25.0 Å². The summed E-state index contributed by atoms with van der Waals surface area (Å²) in [7, 11) is 1.43. The number of likely N-dealkylation sites (tertiary alicyclic amines) is 1. The van der Waals surface area contributed by atoms with Crippen molar-refractivity contribution in [3.63, 3.8) is 0 Å². The number of rotatable bonds is 4. The standard InChI is InChI=1S/C14H18N2O4/c1-19-13-10(5-4-6-11(13)15)14(18)20-9-12(17)16-7-2-3-8-16/h4-6H,2-3,7-9,15H2,1H3. The lowest BCUT2D eigenvalue weighted by Gasteiger charge is -2.15. The van der Waals surface area contributed by atoms with Gasteiger partial charge in [-0.1, -0.05) is 6.07 Å². The average Bonchev–Trinajstić information content (AvgIpc) is 2.98. The van der Waals surface area contributed by atoms with Gasteiger partial charge in [0, 0.05) is 13.1 Å². The van der Waals surface area contributed by atoms with Gasteiger partial charge in [0.05, 0.1) is 12.8 Å². The van der Waals surface area contributed by atoms with Crippen LogP contribution in [-0.4, -0.2) is 43.6 Å². The summed E-state index contributed by atoms with van der Waals surface area (Å²) in [6.07, 6.45) is 2.01. The third-order valence-corrected chi connectivity index (χ3v) is 3.26. The fourth-order valence-corrected chi connectivity index (χ4v) is 2.21. The number of amides is 1. The van der Waals surface area contributed by atoms with Crippen LogP contribution in [0.2, 0.25) is 0 Å². The van der Waals surface area contributed by atoms with Gasteiger partial charge in [0.1, 0.15) is 5.56 Å². The number of anilines is 1. The van der Waals surface area contributed by atoms with Crippen molar-refractivity contribution in [3.8, 4) is 5.75 Å². The Morgan fingerprint density at radius 3 is 2.65 bits per heavy atom. The quantitative estimate of drug-likeness (QED) is 0.657. The SMILES string of the molecule is COc1c(N)cccc1C(=O)OCC(=O)N1CCCC1. The van der Waals surface area contributed by atoms with Crippen LogP contribution in [-0.2, 0) is 9.53 Å². The largest absolute Gasteiger partial charge is 0.494 e. The summed E-state index contributed by atoms with van der Waals surface area (Å²) in [5.41, 5.74) is 6.30. The minimum absolute atomic E-state index is 0.168. The maximum atomic E-state index is 12.0. The molecule has 0 spiro atoms. The van der Waals surface area contributed by atoms with Crippen LogP contribution >= 0.6 is 0 Å². The molecule has 1 aromatic carbocycles. The zero-order valence-electron chi connectivity index (χ0n) is 11.4. The van der Waals surface area contributed by atoms with E-state index in [2.05, 4.69) is 0 Å². The number of benzene rings is 1. The van der Waals surface area contributed by atoms with Crippen LogP contribution in [0.3, 0.4) is 0 Å². The van der Waals surface area contributed by atoms with E-state index in [1.165, 1.54) is 7.11 Å². The Hall–Kier alpha value is -2.24. The van der Waals surface area contributed by atoms with Gasteiger partial charge in [-0.2, -0.15) is 0 Å². The smallest absolute Gasteiger partial charge is 0.342 e. The van der Waals surface area contributed by atoms with E-state index in [0.29, 0.717) is 5.69 Å². The first-order chi connectivity index (χ1) is 9.63. The summed E-state index contributed by atoms with van der Waals surface area (Å²) < 4.78 is 10.1. The fourth-order valence-electron chi connectivity index (χ4n) is 2.21. The first-order valence-corrected chi connectivity index (χ1v) is 6.51. The maximum Gasteiger partial charge on any atom is 0.342 e. The molecule has 0 aromatic heterocycles. The molecule has 1 aromatic rings. The van der Waals surface area contributed by atoms with Gasteiger partial charge in [-0.15, -0.1) is 0 Å². The molecule has 6 nitrogen and oxygen atoms in total. The Bertz CT molecular complexity index is 510. The highest BCUT2D eigenvalue weighted by Gasteiger charge is 2.21. The van der Waals surface area contributed by atoms with Crippen LogP contribution in [0.4, 0.5) is 5.69 Å². The van der Waals surface area contributed by atoms with Gasteiger partial charge in [0.25, 0.3) is 5.91 Å². The monoisotopic (exact) mass is 278 g/mol. The topological polar surface area (TPSA) is 81.9 Å². The van der Waals surface area contributed by atoms with E-state index in [1.54, 1.807) is 23.1 Å². The summed E-state index contributed by atoms with van der Waals surface area (Å²) in [5.74, 6) is -0.508. The van der Waals surface area contributed by atoms with Crippen molar-refractivity contribution >= 4 is 17.6 Å². The first kappa shape index (κ1) is 14.2. The van der Waals surface area contributed by atoms with Gasteiger partial charge < -0.3 is 20.1 Å². The minimum Gasteiger partial charge on any atom is -0.494 e. The number of carbonyl (C=O) groups excluding carboxylic acids is 2. The predicted molar refractivity (Wildman–Crippen MR) is 73.5 cm³/mol. The van der Waals surface area contributed by atoms with Gasteiger partial charge in [-0.3, -0.25) is 4.79 Å². The summed E-state index contributed by atoms with van der Waals surface area (Å²) in [6, 6.07) is 4.82. The number of ether oxygens (including phenoxy) is 2. The number of hydrogen-bond acceptors (Lipinski definition) is 5. The Labute approximate surface area is 117 Å². The highest BCUT2D eigenvalue weighted by molar-refractivity contribution is 5.95. The molecule has 6 heteroatoms. The number of para-hydroxylation sites is 1. The van der Waals surface area contributed by atoms with Crippen LogP contribution in [0.25, 0.3) is 0 Å². The Kier molecular flexibility index (Phi) is 4.45. The third-order valence-electron chi connectivity index (χ3n) is 3.26. The van der Waals surface area contributed by atoms with Crippen molar-refractivity contribution in [2.45, 2.75) is 12.8 Å². The van der Waals surface area contributed by atoms with Crippen LogP contribution < -0.4 is 10.5 Å². The average molecular weight is 278 g/mol. The molecule has 2 N–H and O–H groups in total. The predicted octanol–water partition coefficient (Wildman–Crippen LogP) is 1.06. The normalized spacial score (nSPS) is 14.2. The van der Waals surface area contributed by atoms with Crippen LogP contribution in [0, 0.1) is 0 Å². The molecule has 0 unspecified atom stereocenters. The second-order valence-corrected chi connectivity index (χ2v) is 4.59. The van der Waals surface area contributed by atoms with Crippen molar-refractivity contribution in [2.24, 2.45) is 0 Å². The number of nitrogen functional groups attached to an aromatic ring is 1. The molecule has 2 rings (SSSR count). The van der Waals surface area contributed by atoms with Crippen molar-refractivity contribution in [1.29, 1.82) is 0 Å². The molecule has 1 aliphatic rings. The molecule has 0 radical (unpaired) electrons. The molecule has 0 bridgehead atoms. The summed E-state index contributed by atoms with van der Waals surface area (Å²) in [6.45, 7) is 1.22. The highest BCUT2D eigenvalue weighted by Crippen LogP contribution is 2.26. The molecule has 1 saturated heterocycles. The molecule has 0 aliphatic carbocycles. The van der Waals surface area contributed by atoms with E-state index in [-0.39, 0.29) is 23.8 Å². The second-order valence-electron chi connectivity index (χ2n) is 4.59. The van der Waals surface area contributed by atoms with Crippen LogP contribution in [0.5, 0.6) is 5.75 Å². The number of esters is 1. The van der Waals surface area contributed by atoms with Crippen LogP contribution in [0.1, 0.15) is 23.2 Å². The minimum atomic E-state index is -0.610. The lowest BCUT2D eigenvalue weighted by molar-refractivity contribution is -0.133. The molecule has 1 fully saturated rings. The molecule has 1 amide bonds. The molecule has 1 heterocycles. The first-order valence-electron chi connectivity index (χ1n) is 6.51. The summed E-state index contributed by atoms with van der Waals surface area (Å²) >= 11 is 0. The molecule has 0 saturated carbocycles. The van der Waals surface area contributed by atoms with Gasteiger partial charge in [0.15, 0.2) is 12.4 Å². The molecular formula is C14H18N2O4. The lowest BCUT2D eigenvalue weighted by Crippen LogP contribution is -2.32. The van der Waals surface area contributed by atoms with Crippen molar-refractivity contribution < 1.29 is 19.1 Å². The van der Waals surface area contributed by atoms with Crippen molar-refractivity contribution in [2.75, 3.05) is 32.5 Å². The van der Waals surface area contributed by atoms with E-state index in [4.69, 9.17) is 15.2 Å². The van der Waals surface area contributed by atoms with E-state index < -0.39 is 5.97 Å². The zero-order valence-corrected chi connectivity index (χ0v) is 11.4. The van der Waals surface area contributed by atoms with Gasteiger partial charge in [-0.25, -0.2) is 4.79 Å². The maximum absolute atomic E-state index is 12.0. The molecule has 20 heavy (non-hydrogen) atoms. The molecule has 0 atom stereocenters. The Balaban J connectivity index is 1.98. The zero-order chi connectivity index (χ0) is 14.5. The molecule has 1 aliphatic heterocycles. The van der Waals surface area contributed by atoms with Crippen molar-refractivity contribution in [1.82, 2.24) is 4.90 Å².